The molecule has 2 aliphatic rings. The van der Waals surface area contributed by atoms with Gasteiger partial charge in [0.2, 0.25) is 0 Å². The van der Waals surface area contributed by atoms with Crippen molar-refractivity contribution in [2.45, 2.75) is 52.2 Å². The van der Waals surface area contributed by atoms with Crippen LogP contribution in [0.1, 0.15) is 54.2 Å². The molecule has 1 aromatic heterocycles. The van der Waals surface area contributed by atoms with Crippen LogP contribution in [0.15, 0.2) is 22.7 Å². The number of nitrogens with one attached hydrogen (secondary N) is 1. The van der Waals surface area contributed by atoms with Crippen molar-refractivity contribution >= 4 is 5.91 Å². The summed E-state index contributed by atoms with van der Waals surface area (Å²) >= 11 is 0. The van der Waals surface area contributed by atoms with Crippen LogP contribution in [0.3, 0.4) is 0 Å². The Bertz CT molecular complexity index is 781. The molecule has 1 saturated carbocycles. The van der Waals surface area contributed by atoms with Crippen molar-refractivity contribution < 1.29 is 14.1 Å². The summed E-state index contributed by atoms with van der Waals surface area (Å²) in [5.74, 6) is 1.78. The van der Waals surface area contributed by atoms with Gasteiger partial charge < -0.3 is 14.6 Å². The molecular weight excluding hydrogens is 304 g/mol. The number of hydrogen-bond acceptors (Lipinski definition) is 4. The number of ether oxygens (including phenoxy) is 1. The lowest BCUT2D eigenvalue weighted by molar-refractivity contribution is 0.0899. The van der Waals surface area contributed by atoms with E-state index in [1.807, 2.05) is 25.1 Å². The first-order valence-electron chi connectivity index (χ1n) is 8.66. The maximum absolute atomic E-state index is 12.7. The third-order valence-electron chi connectivity index (χ3n) is 5.18. The fourth-order valence-corrected chi connectivity index (χ4v) is 3.70. The molecular formula is C19H22N2O3. The number of benzene rings is 1. The quantitative estimate of drug-likeness (QED) is 0.910. The molecule has 0 unspecified atom stereocenters. The summed E-state index contributed by atoms with van der Waals surface area (Å²) in [5, 5.41) is 7.19. The van der Waals surface area contributed by atoms with Crippen molar-refractivity contribution in [1.82, 2.24) is 10.5 Å². The van der Waals surface area contributed by atoms with Gasteiger partial charge in [-0.05, 0) is 37.8 Å². The van der Waals surface area contributed by atoms with E-state index >= 15 is 0 Å². The molecule has 0 radical (unpaired) electrons. The first-order chi connectivity index (χ1) is 11.6. The van der Waals surface area contributed by atoms with E-state index in [1.165, 1.54) is 12.8 Å². The molecule has 5 heteroatoms. The van der Waals surface area contributed by atoms with Crippen LogP contribution in [0.25, 0.3) is 11.3 Å². The van der Waals surface area contributed by atoms with Crippen LogP contribution >= 0.6 is 0 Å². The Labute approximate surface area is 141 Å². The van der Waals surface area contributed by atoms with E-state index in [1.54, 1.807) is 0 Å². The van der Waals surface area contributed by atoms with Crippen molar-refractivity contribution in [3.63, 3.8) is 0 Å². The van der Waals surface area contributed by atoms with Gasteiger partial charge in [-0.3, -0.25) is 4.79 Å². The normalized spacial score (nSPS) is 22.2. The number of amides is 1. The zero-order valence-corrected chi connectivity index (χ0v) is 14.1. The summed E-state index contributed by atoms with van der Waals surface area (Å²) in [6.07, 6.45) is 4.61. The van der Waals surface area contributed by atoms with Crippen LogP contribution in [-0.2, 0) is 6.61 Å². The van der Waals surface area contributed by atoms with Gasteiger partial charge in [0.15, 0.2) is 11.5 Å². The van der Waals surface area contributed by atoms with E-state index in [-0.39, 0.29) is 11.9 Å². The Morgan fingerprint density at radius 1 is 1.29 bits per heavy atom. The third-order valence-corrected chi connectivity index (χ3v) is 5.18. The Kier molecular flexibility index (Phi) is 3.79. The van der Waals surface area contributed by atoms with E-state index in [2.05, 4.69) is 17.4 Å². The monoisotopic (exact) mass is 326 g/mol. The molecule has 5 nitrogen and oxygen atoms in total. The molecule has 1 amide bonds. The van der Waals surface area contributed by atoms with Gasteiger partial charge in [0.25, 0.3) is 5.91 Å². The molecule has 2 aromatic rings. The van der Waals surface area contributed by atoms with Crippen molar-refractivity contribution in [1.29, 1.82) is 0 Å². The van der Waals surface area contributed by atoms with Gasteiger partial charge in [-0.15, -0.1) is 0 Å². The highest BCUT2D eigenvalue weighted by molar-refractivity contribution is 5.95. The second-order valence-corrected chi connectivity index (χ2v) is 6.97. The maximum Gasteiger partial charge on any atom is 0.274 e. The number of nitrogens with zero attached hydrogens (tertiary/aromatic N) is 1. The zero-order valence-electron chi connectivity index (χ0n) is 14.1. The molecule has 1 N–H and O–H groups in total. The first kappa shape index (κ1) is 15.2. The summed E-state index contributed by atoms with van der Waals surface area (Å²) in [6, 6.07) is 6.15. The molecule has 24 heavy (non-hydrogen) atoms. The number of fused-ring (bicyclic) bond motifs is 3. The standard InChI is InChI=1S/C19H22N2O3/c1-11-7-8-16-13(9-11)18-14(10-23-16)17(21-24-18)19(22)20-15-6-4-3-5-12(15)2/h7-9,12,15H,3-6,10H2,1-2H3,(H,20,22)/t12-,15+/m0/s1. The number of hydrogen-bond donors (Lipinski definition) is 1. The molecule has 1 aliphatic carbocycles. The van der Waals surface area contributed by atoms with Gasteiger partial charge >= 0.3 is 0 Å². The van der Waals surface area contributed by atoms with E-state index in [4.69, 9.17) is 9.26 Å². The highest BCUT2D eigenvalue weighted by Gasteiger charge is 2.31. The van der Waals surface area contributed by atoms with Crippen molar-refractivity contribution in [3.05, 3.63) is 35.0 Å². The number of rotatable bonds is 2. The Morgan fingerprint density at radius 2 is 2.12 bits per heavy atom. The van der Waals surface area contributed by atoms with Crippen LogP contribution in [0.4, 0.5) is 0 Å². The SMILES string of the molecule is Cc1ccc2c(c1)-c1onc(C(=O)N[C@@H]3CCCC[C@@H]3C)c1CO2. The molecule has 1 aromatic carbocycles. The Morgan fingerprint density at radius 3 is 2.96 bits per heavy atom. The second-order valence-electron chi connectivity index (χ2n) is 6.97. The summed E-state index contributed by atoms with van der Waals surface area (Å²) in [7, 11) is 0. The van der Waals surface area contributed by atoms with Gasteiger partial charge in [0.05, 0.1) is 11.1 Å². The van der Waals surface area contributed by atoms with Gasteiger partial charge in [0, 0.05) is 6.04 Å². The smallest absolute Gasteiger partial charge is 0.274 e. The highest BCUT2D eigenvalue weighted by Crippen LogP contribution is 2.39. The van der Waals surface area contributed by atoms with Gasteiger partial charge in [-0.25, -0.2) is 0 Å². The summed E-state index contributed by atoms with van der Waals surface area (Å²) in [4.78, 5) is 12.7. The zero-order chi connectivity index (χ0) is 16.7. The molecule has 2 atom stereocenters. The summed E-state index contributed by atoms with van der Waals surface area (Å²) < 4.78 is 11.3. The lowest BCUT2D eigenvalue weighted by Gasteiger charge is -2.29. The van der Waals surface area contributed by atoms with E-state index in [0.717, 1.165) is 35.3 Å². The minimum absolute atomic E-state index is 0.154. The van der Waals surface area contributed by atoms with Gasteiger partial charge in [0.1, 0.15) is 12.4 Å². The molecule has 1 aliphatic heterocycles. The predicted octanol–water partition coefficient (Wildman–Crippen LogP) is 3.85. The summed E-state index contributed by atoms with van der Waals surface area (Å²) in [6.45, 7) is 4.53. The second kappa shape index (κ2) is 5.96. The third kappa shape index (κ3) is 2.58. The minimum Gasteiger partial charge on any atom is -0.488 e. The topological polar surface area (TPSA) is 64.4 Å². The molecule has 0 spiro atoms. The molecule has 2 heterocycles. The van der Waals surface area contributed by atoms with Crippen LogP contribution in [0.5, 0.6) is 5.75 Å². The fraction of sp³-hybridized carbons (Fsp3) is 0.474. The maximum atomic E-state index is 12.7. The predicted molar refractivity (Wildman–Crippen MR) is 89.9 cm³/mol. The van der Waals surface area contributed by atoms with Crippen LogP contribution in [-0.4, -0.2) is 17.1 Å². The molecule has 126 valence electrons. The lowest BCUT2D eigenvalue weighted by Crippen LogP contribution is -2.41. The molecule has 0 bridgehead atoms. The van der Waals surface area contributed by atoms with Crippen molar-refractivity contribution in [3.8, 4) is 17.1 Å². The Hall–Kier alpha value is -2.30. The average molecular weight is 326 g/mol. The van der Waals surface area contributed by atoms with Gasteiger partial charge in [-0.1, -0.05) is 36.6 Å². The fourth-order valence-electron chi connectivity index (χ4n) is 3.70. The molecule has 0 saturated heterocycles. The van der Waals surface area contributed by atoms with Crippen LogP contribution in [0, 0.1) is 12.8 Å². The van der Waals surface area contributed by atoms with Gasteiger partial charge in [-0.2, -0.15) is 0 Å². The van der Waals surface area contributed by atoms with E-state index in [0.29, 0.717) is 24.0 Å². The summed E-state index contributed by atoms with van der Waals surface area (Å²) in [5.41, 5.74) is 3.08. The van der Waals surface area contributed by atoms with Crippen molar-refractivity contribution in [2.24, 2.45) is 5.92 Å². The first-order valence-corrected chi connectivity index (χ1v) is 8.66. The molecule has 1 fully saturated rings. The van der Waals surface area contributed by atoms with Crippen molar-refractivity contribution in [2.75, 3.05) is 0 Å². The number of carbonyl (C=O) groups excluding carboxylic acids is 1. The largest absolute Gasteiger partial charge is 0.488 e. The lowest BCUT2D eigenvalue weighted by atomic mass is 9.86. The van der Waals surface area contributed by atoms with E-state index < -0.39 is 0 Å². The number of aromatic nitrogens is 1. The number of aryl methyl sites for hydroxylation is 1. The average Bonchev–Trinajstić information content (AvgIpc) is 3.01. The highest BCUT2D eigenvalue weighted by atomic mass is 16.5. The molecule has 4 rings (SSSR count). The van der Waals surface area contributed by atoms with Crippen LogP contribution < -0.4 is 10.1 Å². The number of carbonyl (C=O) groups is 1. The Balaban J connectivity index is 1.61. The van der Waals surface area contributed by atoms with Crippen LogP contribution in [0.2, 0.25) is 0 Å². The van der Waals surface area contributed by atoms with E-state index in [9.17, 15) is 4.79 Å². The minimum atomic E-state index is -0.154.